The van der Waals surface area contributed by atoms with Gasteiger partial charge in [-0.3, -0.25) is 10.3 Å². The van der Waals surface area contributed by atoms with Gasteiger partial charge in [-0.05, 0) is 56.5 Å². The van der Waals surface area contributed by atoms with Crippen LogP contribution in [0.3, 0.4) is 0 Å². The van der Waals surface area contributed by atoms with Crippen molar-refractivity contribution < 1.29 is 4.74 Å². The van der Waals surface area contributed by atoms with Crippen molar-refractivity contribution in [2.75, 3.05) is 19.7 Å². The van der Waals surface area contributed by atoms with Crippen LogP contribution in [0, 0.1) is 5.41 Å². The van der Waals surface area contributed by atoms with E-state index in [1.807, 2.05) is 6.07 Å². The number of hydrogen-bond donors (Lipinski definition) is 2. The van der Waals surface area contributed by atoms with Crippen LogP contribution in [0.5, 0.6) is 5.75 Å². The molecule has 1 aromatic carbocycles. The fourth-order valence-electron chi connectivity index (χ4n) is 2.72. The average molecular weight is 362 g/mol. The fourth-order valence-corrected chi connectivity index (χ4v) is 2.72. The topological polar surface area (TPSA) is 62.3 Å². The van der Waals surface area contributed by atoms with E-state index in [1.54, 1.807) is 0 Å². The molecule has 0 aliphatic carbocycles. The van der Waals surface area contributed by atoms with Gasteiger partial charge in [0.1, 0.15) is 5.75 Å². The van der Waals surface area contributed by atoms with Gasteiger partial charge in [-0.2, -0.15) is 0 Å². The van der Waals surface area contributed by atoms with Crippen molar-refractivity contribution in [2.24, 2.45) is 5.73 Å². The minimum absolute atomic E-state index is 0. The van der Waals surface area contributed by atoms with Crippen LogP contribution in [-0.2, 0) is 6.54 Å². The Labute approximate surface area is 152 Å². The Morgan fingerprint density at radius 1 is 1.13 bits per heavy atom. The van der Waals surface area contributed by atoms with Crippen LogP contribution in [0.2, 0.25) is 0 Å². The fraction of sp³-hybridized carbons (Fsp3) is 0.588. The number of benzene rings is 1. The Balaban J connectivity index is 0.00000242. The number of piperidine rings is 1. The summed E-state index contributed by atoms with van der Waals surface area (Å²) in [6, 6.07) is 8.42. The molecule has 1 heterocycles. The molecule has 4 nitrogen and oxygen atoms in total. The molecule has 1 fully saturated rings. The molecule has 0 saturated carbocycles. The van der Waals surface area contributed by atoms with Crippen LogP contribution in [0.4, 0.5) is 0 Å². The van der Waals surface area contributed by atoms with Gasteiger partial charge in [-0.1, -0.05) is 18.6 Å². The lowest BCUT2D eigenvalue weighted by molar-refractivity contribution is 0.220. The third-order valence-electron chi connectivity index (χ3n) is 3.86. The zero-order chi connectivity index (χ0) is 14.9. The predicted octanol–water partition coefficient (Wildman–Crippen LogP) is 4.00. The zero-order valence-electron chi connectivity index (χ0n) is 13.6. The second kappa shape index (κ2) is 12.5. The van der Waals surface area contributed by atoms with E-state index in [0.29, 0.717) is 13.0 Å². The lowest BCUT2D eigenvalue weighted by Gasteiger charge is -2.26. The highest BCUT2D eigenvalue weighted by Gasteiger charge is 2.10. The zero-order valence-corrected chi connectivity index (χ0v) is 15.3. The first-order valence-corrected chi connectivity index (χ1v) is 8.01. The van der Waals surface area contributed by atoms with Gasteiger partial charge in [0, 0.05) is 13.0 Å². The molecular weight excluding hydrogens is 333 g/mol. The van der Waals surface area contributed by atoms with E-state index in [1.165, 1.54) is 37.9 Å². The van der Waals surface area contributed by atoms with E-state index in [4.69, 9.17) is 15.9 Å². The number of hydrogen-bond acceptors (Lipinski definition) is 3. The summed E-state index contributed by atoms with van der Waals surface area (Å²) in [5, 5.41) is 7.18. The first-order valence-electron chi connectivity index (χ1n) is 8.01. The standard InChI is InChI=1S/C17H27N3O.2ClH/c18-17(19)9-2-5-12-21-16-8-6-7-15(13-16)14-20-10-3-1-4-11-20;;/h6-8,13H,1-5,9-12,14H2,(H3,18,19);2*1H. The summed E-state index contributed by atoms with van der Waals surface area (Å²) in [7, 11) is 0. The Morgan fingerprint density at radius 3 is 2.57 bits per heavy atom. The molecule has 0 atom stereocenters. The number of ether oxygens (including phenoxy) is 1. The Kier molecular flexibility index (Phi) is 11.9. The number of likely N-dealkylation sites (tertiary alicyclic amines) is 1. The maximum atomic E-state index is 7.18. The summed E-state index contributed by atoms with van der Waals surface area (Å²) >= 11 is 0. The molecule has 2 rings (SSSR count). The van der Waals surface area contributed by atoms with Crippen molar-refractivity contribution in [2.45, 2.75) is 45.1 Å². The Hall–Kier alpha value is -0.970. The van der Waals surface area contributed by atoms with Gasteiger partial charge in [-0.25, -0.2) is 0 Å². The minimum Gasteiger partial charge on any atom is -0.494 e. The van der Waals surface area contributed by atoms with Crippen LogP contribution in [0.15, 0.2) is 24.3 Å². The molecule has 0 spiro atoms. The highest BCUT2D eigenvalue weighted by Crippen LogP contribution is 2.17. The number of amidine groups is 1. The molecule has 132 valence electrons. The van der Waals surface area contributed by atoms with Gasteiger partial charge in [0.15, 0.2) is 0 Å². The molecular formula is C17H29Cl2N3O. The monoisotopic (exact) mass is 361 g/mol. The van der Waals surface area contributed by atoms with E-state index in [0.717, 1.165) is 25.1 Å². The Bertz CT molecular complexity index is 451. The van der Waals surface area contributed by atoms with Gasteiger partial charge in [-0.15, -0.1) is 24.8 Å². The molecule has 1 saturated heterocycles. The predicted molar refractivity (Wildman–Crippen MR) is 101 cm³/mol. The van der Waals surface area contributed by atoms with Crippen LogP contribution >= 0.6 is 24.8 Å². The second-order valence-electron chi connectivity index (χ2n) is 5.82. The van der Waals surface area contributed by atoms with Gasteiger partial charge >= 0.3 is 0 Å². The number of nitrogens with two attached hydrogens (primary N) is 1. The van der Waals surface area contributed by atoms with Crippen molar-refractivity contribution in [1.82, 2.24) is 4.90 Å². The normalized spacial score (nSPS) is 14.4. The number of nitrogens with zero attached hydrogens (tertiary/aromatic N) is 1. The maximum Gasteiger partial charge on any atom is 0.119 e. The molecule has 3 N–H and O–H groups in total. The van der Waals surface area contributed by atoms with E-state index < -0.39 is 0 Å². The van der Waals surface area contributed by atoms with Gasteiger partial charge in [0.2, 0.25) is 0 Å². The molecule has 0 unspecified atom stereocenters. The van der Waals surface area contributed by atoms with E-state index in [9.17, 15) is 0 Å². The quantitative estimate of drug-likeness (QED) is 0.417. The number of rotatable bonds is 8. The van der Waals surface area contributed by atoms with Crippen LogP contribution in [0.1, 0.15) is 44.1 Å². The number of unbranched alkanes of at least 4 members (excludes halogenated alkanes) is 1. The third kappa shape index (κ3) is 9.04. The third-order valence-corrected chi connectivity index (χ3v) is 3.86. The second-order valence-corrected chi connectivity index (χ2v) is 5.82. The molecule has 0 amide bonds. The van der Waals surface area contributed by atoms with Crippen molar-refractivity contribution in [3.63, 3.8) is 0 Å². The van der Waals surface area contributed by atoms with Crippen LogP contribution in [0.25, 0.3) is 0 Å². The summed E-state index contributed by atoms with van der Waals surface area (Å²) in [6.45, 7) is 4.16. The maximum absolute atomic E-state index is 7.18. The summed E-state index contributed by atoms with van der Waals surface area (Å²) in [5.41, 5.74) is 6.66. The lowest BCUT2D eigenvalue weighted by Crippen LogP contribution is -2.29. The molecule has 0 bridgehead atoms. The van der Waals surface area contributed by atoms with E-state index >= 15 is 0 Å². The largest absolute Gasteiger partial charge is 0.494 e. The molecule has 23 heavy (non-hydrogen) atoms. The molecule has 1 aromatic rings. The number of halogens is 2. The Morgan fingerprint density at radius 2 is 1.87 bits per heavy atom. The van der Waals surface area contributed by atoms with Gasteiger partial charge in [0.05, 0.1) is 12.4 Å². The average Bonchev–Trinajstić information content (AvgIpc) is 2.48. The van der Waals surface area contributed by atoms with Crippen LogP contribution in [-0.4, -0.2) is 30.4 Å². The summed E-state index contributed by atoms with van der Waals surface area (Å²) < 4.78 is 5.79. The van der Waals surface area contributed by atoms with Gasteiger partial charge < -0.3 is 10.5 Å². The van der Waals surface area contributed by atoms with Crippen LogP contribution < -0.4 is 10.5 Å². The number of nitrogens with one attached hydrogen (secondary N) is 1. The van der Waals surface area contributed by atoms with Crippen molar-refractivity contribution in [1.29, 1.82) is 5.41 Å². The molecule has 1 aliphatic heterocycles. The molecule has 1 aliphatic rings. The smallest absolute Gasteiger partial charge is 0.119 e. The van der Waals surface area contributed by atoms with E-state index in [2.05, 4.69) is 23.1 Å². The lowest BCUT2D eigenvalue weighted by atomic mass is 10.1. The van der Waals surface area contributed by atoms with E-state index in [-0.39, 0.29) is 30.6 Å². The highest BCUT2D eigenvalue weighted by molar-refractivity contribution is 5.85. The summed E-state index contributed by atoms with van der Waals surface area (Å²) in [6.07, 6.45) is 6.55. The first-order chi connectivity index (χ1) is 10.2. The molecule has 0 aromatic heterocycles. The minimum atomic E-state index is 0. The SMILES string of the molecule is Cl.Cl.N=C(N)CCCCOc1cccc(CN2CCCCC2)c1. The summed E-state index contributed by atoms with van der Waals surface area (Å²) in [4.78, 5) is 2.52. The molecule has 6 heteroatoms. The van der Waals surface area contributed by atoms with Crippen molar-refractivity contribution >= 4 is 30.6 Å². The van der Waals surface area contributed by atoms with Gasteiger partial charge in [0.25, 0.3) is 0 Å². The van der Waals surface area contributed by atoms with Crippen molar-refractivity contribution in [3.8, 4) is 5.75 Å². The first kappa shape index (κ1) is 22.0. The highest BCUT2D eigenvalue weighted by atomic mass is 35.5. The molecule has 0 radical (unpaired) electrons. The summed E-state index contributed by atoms with van der Waals surface area (Å²) in [5.74, 6) is 1.21. The van der Waals surface area contributed by atoms with Crippen molar-refractivity contribution in [3.05, 3.63) is 29.8 Å².